The number of hydrogen-bond donors (Lipinski definition) is 1. The Labute approximate surface area is 184 Å². The zero-order valence-corrected chi connectivity index (χ0v) is 18.3. The Balaban J connectivity index is 1.81. The largest absolute Gasteiger partial charge is 0.497 e. The average Bonchev–Trinajstić information content (AvgIpc) is 3.02. The lowest BCUT2D eigenvalue weighted by atomic mass is 10.1. The first kappa shape index (κ1) is 21.7. The molecule has 9 heteroatoms. The number of methoxy groups -OCH3 is 2. The van der Waals surface area contributed by atoms with Crippen molar-refractivity contribution in [2.75, 3.05) is 20.8 Å². The van der Waals surface area contributed by atoms with E-state index < -0.39 is 11.8 Å². The minimum Gasteiger partial charge on any atom is -0.497 e. The van der Waals surface area contributed by atoms with Gasteiger partial charge in [-0.2, -0.15) is 5.01 Å². The number of rotatable bonds is 7. The predicted octanol–water partition coefficient (Wildman–Crippen LogP) is 3.65. The van der Waals surface area contributed by atoms with Gasteiger partial charge in [-0.3, -0.25) is 15.0 Å². The van der Waals surface area contributed by atoms with Crippen LogP contribution >= 0.6 is 24.0 Å². The molecule has 0 aliphatic carbocycles. The Kier molecular flexibility index (Phi) is 6.96. The summed E-state index contributed by atoms with van der Waals surface area (Å²) in [6.45, 7) is 2.31. The number of thiocarbonyl (C=S) groups is 1. The molecular formula is C21H20N2O5S2. The summed E-state index contributed by atoms with van der Waals surface area (Å²) in [5.74, 6) is 0.858. The maximum atomic E-state index is 12.9. The van der Waals surface area contributed by atoms with Gasteiger partial charge in [0.05, 0.1) is 25.7 Å². The van der Waals surface area contributed by atoms with Crippen LogP contribution in [0.2, 0.25) is 0 Å². The fourth-order valence-electron chi connectivity index (χ4n) is 2.72. The van der Waals surface area contributed by atoms with Gasteiger partial charge in [-0.25, -0.2) is 0 Å². The van der Waals surface area contributed by atoms with Gasteiger partial charge in [0.25, 0.3) is 11.8 Å². The number of thioether (sulfide) groups is 1. The van der Waals surface area contributed by atoms with E-state index in [1.165, 1.54) is 0 Å². The molecule has 0 unspecified atom stereocenters. The number of hydrogen-bond acceptors (Lipinski definition) is 7. The molecule has 0 aromatic heterocycles. The second kappa shape index (κ2) is 9.64. The zero-order chi connectivity index (χ0) is 21.7. The number of nitrogens with zero attached hydrogens (tertiary/aromatic N) is 1. The van der Waals surface area contributed by atoms with Gasteiger partial charge < -0.3 is 14.2 Å². The second-order valence-electron chi connectivity index (χ2n) is 6.00. The van der Waals surface area contributed by atoms with Crippen LogP contribution in [-0.2, 0) is 4.79 Å². The molecule has 7 nitrogen and oxygen atoms in total. The van der Waals surface area contributed by atoms with Crippen molar-refractivity contribution in [2.24, 2.45) is 0 Å². The van der Waals surface area contributed by atoms with Gasteiger partial charge in [0, 0.05) is 11.1 Å². The van der Waals surface area contributed by atoms with E-state index in [1.807, 2.05) is 13.0 Å². The molecule has 30 heavy (non-hydrogen) atoms. The van der Waals surface area contributed by atoms with E-state index in [9.17, 15) is 9.59 Å². The van der Waals surface area contributed by atoms with Crippen molar-refractivity contribution in [3.63, 3.8) is 0 Å². The van der Waals surface area contributed by atoms with Crippen molar-refractivity contribution in [1.82, 2.24) is 10.4 Å². The van der Waals surface area contributed by atoms with Crippen LogP contribution in [0.25, 0.3) is 6.08 Å². The standard InChI is InChI=1S/C21H20N2O5S2/c1-4-28-18-14(6-5-7-16(18)27-3)12-17-20(25)23(21(29)30-17)22-19(24)13-8-10-15(26-2)11-9-13/h5-12H,4H2,1-3H3,(H,22,24). The fourth-order valence-corrected chi connectivity index (χ4v) is 3.89. The summed E-state index contributed by atoms with van der Waals surface area (Å²) in [5.41, 5.74) is 3.61. The Bertz CT molecular complexity index is 1000. The van der Waals surface area contributed by atoms with Crippen molar-refractivity contribution in [2.45, 2.75) is 6.92 Å². The topological polar surface area (TPSA) is 77.1 Å². The number of hydrazine groups is 1. The Morgan fingerprint density at radius 2 is 1.90 bits per heavy atom. The first-order valence-corrected chi connectivity index (χ1v) is 10.2. The summed E-state index contributed by atoms with van der Waals surface area (Å²) >= 11 is 6.39. The van der Waals surface area contributed by atoms with Gasteiger partial charge in [-0.05, 0) is 55.5 Å². The van der Waals surface area contributed by atoms with Gasteiger partial charge in [0.1, 0.15) is 5.75 Å². The first-order valence-electron chi connectivity index (χ1n) is 9.01. The maximum absolute atomic E-state index is 12.9. The monoisotopic (exact) mass is 444 g/mol. The quantitative estimate of drug-likeness (QED) is 0.516. The summed E-state index contributed by atoms with van der Waals surface area (Å²) in [5, 5.41) is 1.07. The average molecular weight is 445 g/mol. The third-order valence-corrected chi connectivity index (χ3v) is 5.47. The van der Waals surface area contributed by atoms with E-state index in [-0.39, 0.29) is 4.32 Å². The lowest BCUT2D eigenvalue weighted by molar-refractivity contribution is -0.123. The van der Waals surface area contributed by atoms with E-state index in [0.29, 0.717) is 39.9 Å². The molecule has 0 atom stereocenters. The number of carbonyl (C=O) groups excluding carboxylic acids is 2. The molecule has 1 aliphatic heterocycles. The van der Waals surface area contributed by atoms with Gasteiger partial charge in [-0.15, -0.1) is 0 Å². The number of amides is 2. The van der Waals surface area contributed by atoms with E-state index in [0.717, 1.165) is 16.8 Å². The highest BCUT2D eigenvalue weighted by molar-refractivity contribution is 8.26. The summed E-state index contributed by atoms with van der Waals surface area (Å²) < 4.78 is 16.3. The lowest BCUT2D eigenvalue weighted by Gasteiger charge is -2.15. The first-order chi connectivity index (χ1) is 14.5. The molecule has 2 aromatic carbocycles. The molecule has 2 amide bonds. The van der Waals surface area contributed by atoms with Crippen molar-refractivity contribution >= 4 is 46.2 Å². The summed E-state index contributed by atoms with van der Waals surface area (Å²) in [7, 11) is 3.09. The van der Waals surface area contributed by atoms with Crippen LogP contribution in [0.15, 0.2) is 47.4 Å². The van der Waals surface area contributed by atoms with Crippen LogP contribution in [0.3, 0.4) is 0 Å². The SMILES string of the molecule is CCOc1c(C=C2SC(=S)N(NC(=O)c3ccc(OC)cc3)C2=O)cccc1OC. The van der Waals surface area contributed by atoms with E-state index in [1.54, 1.807) is 56.7 Å². The number of ether oxygens (including phenoxy) is 3. The Hall–Kier alpha value is -3.04. The van der Waals surface area contributed by atoms with E-state index in [4.69, 9.17) is 26.4 Å². The summed E-state index contributed by atoms with van der Waals surface area (Å²) in [6.07, 6.45) is 1.67. The number of carbonyl (C=O) groups is 2. The number of para-hydroxylation sites is 1. The highest BCUT2D eigenvalue weighted by atomic mass is 32.2. The minimum absolute atomic E-state index is 0.231. The molecule has 2 aromatic rings. The molecule has 0 saturated carbocycles. The maximum Gasteiger partial charge on any atom is 0.285 e. The minimum atomic E-state index is -0.452. The van der Waals surface area contributed by atoms with Crippen molar-refractivity contribution in [3.05, 3.63) is 58.5 Å². The third kappa shape index (κ3) is 4.58. The lowest BCUT2D eigenvalue weighted by Crippen LogP contribution is -2.44. The van der Waals surface area contributed by atoms with Crippen LogP contribution in [-0.4, -0.2) is 42.0 Å². The molecule has 0 radical (unpaired) electrons. The molecule has 1 fully saturated rings. The Morgan fingerprint density at radius 1 is 1.17 bits per heavy atom. The molecule has 1 aliphatic rings. The van der Waals surface area contributed by atoms with Crippen LogP contribution in [0.5, 0.6) is 17.2 Å². The van der Waals surface area contributed by atoms with Crippen molar-refractivity contribution < 1.29 is 23.8 Å². The van der Waals surface area contributed by atoms with Crippen molar-refractivity contribution in [3.8, 4) is 17.2 Å². The molecular weight excluding hydrogens is 424 g/mol. The highest BCUT2D eigenvalue weighted by Gasteiger charge is 2.34. The van der Waals surface area contributed by atoms with E-state index >= 15 is 0 Å². The normalized spacial score (nSPS) is 14.8. The molecule has 3 rings (SSSR count). The van der Waals surface area contributed by atoms with Gasteiger partial charge >= 0.3 is 0 Å². The molecule has 1 heterocycles. The summed E-state index contributed by atoms with van der Waals surface area (Å²) in [4.78, 5) is 25.7. The summed E-state index contributed by atoms with van der Waals surface area (Å²) in [6, 6.07) is 11.9. The van der Waals surface area contributed by atoms with Crippen molar-refractivity contribution in [1.29, 1.82) is 0 Å². The van der Waals surface area contributed by atoms with Crippen LogP contribution in [0, 0.1) is 0 Å². The molecule has 0 spiro atoms. The van der Waals surface area contributed by atoms with Crippen LogP contribution in [0.1, 0.15) is 22.8 Å². The third-order valence-electron chi connectivity index (χ3n) is 4.16. The zero-order valence-electron chi connectivity index (χ0n) is 16.6. The molecule has 0 bridgehead atoms. The van der Waals surface area contributed by atoms with Crippen LogP contribution < -0.4 is 19.6 Å². The Morgan fingerprint density at radius 3 is 2.53 bits per heavy atom. The highest BCUT2D eigenvalue weighted by Crippen LogP contribution is 2.37. The van der Waals surface area contributed by atoms with Gasteiger partial charge in [-0.1, -0.05) is 23.9 Å². The fraction of sp³-hybridized carbons (Fsp3) is 0.190. The van der Waals surface area contributed by atoms with Gasteiger partial charge in [0.15, 0.2) is 15.8 Å². The molecule has 1 saturated heterocycles. The number of benzene rings is 2. The van der Waals surface area contributed by atoms with Crippen LogP contribution in [0.4, 0.5) is 0 Å². The van der Waals surface area contributed by atoms with E-state index in [2.05, 4.69) is 5.43 Å². The van der Waals surface area contributed by atoms with Gasteiger partial charge in [0.2, 0.25) is 0 Å². The smallest absolute Gasteiger partial charge is 0.285 e. The molecule has 156 valence electrons. The predicted molar refractivity (Wildman–Crippen MR) is 120 cm³/mol. The second-order valence-corrected chi connectivity index (χ2v) is 7.67. The molecule has 1 N–H and O–H groups in total. The number of nitrogens with one attached hydrogen (secondary N) is 1.